The molecule has 0 amide bonds. The van der Waals surface area contributed by atoms with Crippen molar-refractivity contribution in [1.82, 2.24) is 4.98 Å². The van der Waals surface area contributed by atoms with Gasteiger partial charge in [-0.15, -0.1) is 0 Å². The predicted octanol–water partition coefficient (Wildman–Crippen LogP) is 3.58. The summed E-state index contributed by atoms with van der Waals surface area (Å²) in [5.74, 6) is -0.00823. The maximum absolute atomic E-state index is 12.6. The lowest BCUT2D eigenvalue weighted by atomic mass is 10.2. The van der Waals surface area contributed by atoms with Gasteiger partial charge < -0.3 is 4.74 Å². The molecular weight excluding hydrogens is 279 g/mol. The predicted molar refractivity (Wildman–Crippen MR) is 53.4 cm³/mol. The Morgan fingerprint density at radius 3 is 2.71 bits per heavy atom. The molecule has 0 atom stereocenters. The molecule has 1 heterocycles. The first-order valence-electron chi connectivity index (χ1n) is 3.67. The van der Waals surface area contributed by atoms with Crippen LogP contribution in [-0.4, -0.2) is 12.1 Å². The number of ether oxygens (including phenoxy) is 1. The van der Waals surface area contributed by atoms with Gasteiger partial charge in [0.05, 0.1) is 18.4 Å². The van der Waals surface area contributed by atoms with Crippen LogP contribution in [0.5, 0.6) is 5.75 Å². The third kappa shape index (κ3) is 2.15. The topological polar surface area (TPSA) is 22.1 Å². The number of rotatable bonds is 3. The first-order chi connectivity index (χ1) is 6.61. The van der Waals surface area contributed by atoms with Gasteiger partial charge in [0.1, 0.15) is 10.8 Å². The van der Waals surface area contributed by atoms with Gasteiger partial charge in [-0.3, -0.25) is 4.98 Å². The highest BCUT2D eigenvalue weighted by atomic mass is 79.9. The van der Waals surface area contributed by atoms with E-state index in [0.717, 1.165) is 0 Å². The number of alkyl halides is 3. The lowest BCUT2D eigenvalue weighted by molar-refractivity contribution is 0.145. The molecule has 0 aliphatic heterocycles. The van der Waals surface area contributed by atoms with Gasteiger partial charge in [0.15, 0.2) is 0 Å². The van der Waals surface area contributed by atoms with Crippen molar-refractivity contribution in [2.24, 2.45) is 0 Å². The second-order valence-corrected chi connectivity index (χ2v) is 3.40. The van der Waals surface area contributed by atoms with Gasteiger partial charge in [0, 0.05) is 11.5 Å². The zero-order valence-electron chi connectivity index (χ0n) is 7.23. The summed E-state index contributed by atoms with van der Waals surface area (Å²) in [5, 5.41) is 0.327. The van der Waals surface area contributed by atoms with E-state index in [1.54, 1.807) is 0 Å². The minimum absolute atomic E-state index is 0.00823. The van der Waals surface area contributed by atoms with Gasteiger partial charge in [0.25, 0.3) is 6.43 Å². The molecule has 2 nitrogen and oxygen atoms in total. The van der Waals surface area contributed by atoms with Crippen LogP contribution >= 0.6 is 27.5 Å². The standard InChI is InChI=1S/C8H7BrClF2NO/c1-14-7-4(10)3-13-5(2-9)6(7)8(11)12/h3,8H,2H2,1H3. The van der Waals surface area contributed by atoms with E-state index < -0.39 is 6.43 Å². The van der Waals surface area contributed by atoms with Gasteiger partial charge in [-0.05, 0) is 0 Å². The molecule has 1 rings (SSSR count). The highest BCUT2D eigenvalue weighted by Crippen LogP contribution is 2.37. The quantitative estimate of drug-likeness (QED) is 0.792. The highest BCUT2D eigenvalue weighted by molar-refractivity contribution is 9.08. The fourth-order valence-electron chi connectivity index (χ4n) is 1.06. The van der Waals surface area contributed by atoms with Crippen molar-refractivity contribution in [3.8, 4) is 5.75 Å². The van der Waals surface area contributed by atoms with Gasteiger partial charge in [-0.25, -0.2) is 8.78 Å². The van der Waals surface area contributed by atoms with Gasteiger partial charge in [-0.2, -0.15) is 0 Å². The highest BCUT2D eigenvalue weighted by Gasteiger charge is 2.21. The van der Waals surface area contributed by atoms with Crippen molar-refractivity contribution in [3.63, 3.8) is 0 Å². The molecule has 0 aliphatic carbocycles. The maximum Gasteiger partial charge on any atom is 0.269 e. The van der Waals surface area contributed by atoms with Crippen LogP contribution in [0.2, 0.25) is 5.02 Å². The third-order valence-corrected chi connectivity index (χ3v) is 2.46. The van der Waals surface area contributed by atoms with Crippen LogP contribution in [0, 0.1) is 0 Å². The lowest BCUT2D eigenvalue weighted by Gasteiger charge is -2.12. The van der Waals surface area contributed by atoms with E-state index >= 15 is 0 Å². The smallest absolute Gasteiger partial charge is 0.269 e. The van der Waals surface area contributed by atoms with Crippen molar-refractivity contribution >= 4 is 27.5 Å². The first-order valence-corrected chi connectivity index (χ1v) is 5.17. The van der Waals surface area contributed by atoms with Crippen molar-refractivity contribution in [2.75, 3.05) is 7.11 Å². The number of hydrogen-bond donors (Lipinski definition) is 0. The number of halogens is 4. The molecule has 0 spiro atoms. The molecule has 0 N–H and O–H groups in total. The summed E-state index contributed by atoms with van der Waals surface area (Å²) in [6.07, 6.45) is -1.35. The summed E-state index contributed by atoms with van der Waals surface area (Å²) in [7, 11) is 1.30. The van der Waals surface area contributed by atoms with E-state index in [0.29, 0.717) is 0 Å². The molecule has 0 bridgehead atoms. The summed E-state index contributed by atoms with van der Waals surface area (Å²) < 4.78 is 30.1. The molecule has 0 aliphatic rings. The minimum atomic E-state index is -2.65. The molecule has 0 unspecified atom stereocenters. The summed E-state index contributed by atoms with van der Waals surface area (Å²) >= 11 is 8.74. The van der Waals surface area contributed by atoms with Crippen LogP contribution in [0.3, 0.4) is 0 Å². The van der Waals surface area contributed by atoms with Crippen LogP contribution in [0.4, 0.5) is 8.78 Å². The second kappa shape index (κ2) is 4.89. The second-order valence-electron chi connectivity index (χ2n) is 2.43. The Morgan fingerprint density at radius 2 is 2.29 bits per heavy atom. The molecule has 1 aromatic heterocycles. The molecule has 0 saturated heterocycles. The third-order valence-electron chi connectivity index (χ3n) is 1.66. The monoisotopic (exact) mass is 285 g/mol. The number of aromatic nitrogens is 1. The molecule has 0 fully saturated rings. The Bertz CT molecular complexity index is 335. The molecule has 6 heteroatoms. The lowest BCUT2D eigenvalue weighted by Crippen LogP contribution is -2.00. The van der Waals surface area contributed by atoms with E-state index in [9.17, 15) is 8.78 Å². The summed E-state index contributed by atoms with van der Waals surface area (Å²) in [5.41, 5.74) is -0.0156. The van der Waals surface area contributed by atoms with E-state index in [1.807, 2.05) is 0 Å². The number of methoxy groups -OCH3 is 1. The Labute approximate surface area is 93.4 Å². The van der Waals surface area contributed by atoms with Crippen LogP contribution < -0.4 is 4.74 Å². The molecule has 0 saturated carbocycles. The zero-order chi connectivity index (χ0) is 10.7. The minimum Gasteiger partial charge on any atom is -0.495 e. The van der Waals surface area contributed by atoms with Crippen molar-refractivity contribution in [3.05, 3.63) is 22.5 Å². The Hall–Kier alpha value is -0.420. The van der Waals surface area contributed by atoms with E-state index in [1.165, 1.54) is 13.3 Å². The normalized spacial score (nSPS) is 10.7. The van der Waals surface area contributed by atoms with E-state index in [4.69, 9.17) is 16.3 Å². The first kappa shape index (κ1) is 11.7. The fourth-order valence-corrected chi connectivity index (χ4v) is 1.74. The summed E-state index contributed by atoms with van der Waals surface area (Å²) in [4.78, 5) is 3.79. The Balaban J connectivity index is 3.36. The van der Waals surface area contributed by atoms with Gasteiger partial charge in [-0.1, -0.05) is 27.5 Å². The average molecular weight is 287 g/mol. The largest absolute Gasteiger partial charge is 0.495 e. The molecular formula is C8H7BrClF2NO. The summed E-state index contributed by atoms with van der Waals surface area (Å²) in [6, 6.07) is 0. The Kier molecular flexibility index (Phi) is 4.07. The molecule has 14 heavy (non-hydrogen) atoms. The van der Waals surface area contributed by atoms with Crippen LogP contribution in [0.15, 0.2) is 6.20 Å². The van der Waals surface area contributed by atoms with Gasteiger partial charge >= 0.3 is 0 Å². The Morgan fingerprint density at radius 1 is 1.64 bits per heavy atom. The maximum atomic E-state index is 12.6. The number of pyridine rings is 1. The number of hydrogen-bond acceptors (Lipinski definition) is 2. The van der Waals surface area contributed by atoms with Crippen molar-refractivity contribution in [2.45, 2.75) is 11.8 Å². The van der Waals surface area contributed by atoms with Crippen LogP contribution in [-0.2, 0) is 5.33 Å². The van der Waals surface area contributed by atoms with E-state index in [2.05, 4.69) is 20.9 Å². The van der Waals surface area contributed by atoms with Crippen molar-refractivity contribution < 1.29 is 13.5 Å². The molecule has 78 valence electrons. The summed E-state index contributed by atoms with van der Waals surface area (Å²) in [6.45, 7) is 0. The molecule has 0 radical (unpaired) electrons. The zero-order valence-corrected chi connectivity index (χ0v) is 9.57. The van der Waals surface area contributed by atoms with E-state index in [-0.39, 0.29) is 27.4 Å². The average Bonchev–Trinajstić information content (AvgIpc) is 2.17. The fraction of sp³-hybridized carbons (Fsp3) is 0.375. The van der Waals surface area contributed by atoms with Crippen LogP contribution in [0.25, 0.3) is 0 Å². The van der Waals surface area contributed by atoms with Crippen LogP contribution in [0.1, 0.15) is 17.7 Å². The number of nitrogens with zero attached hydrogens (tertiary/aromatic N) is 1. The molecule has 1 aromatic rings. The van der Waals surface area contributed by atoms with Crippen molar-refractivity contribution in [1.29, 1.82) is 0 Å². The van der Waals surface area contributed by atoms with Gasteiger partial charge in [0.2, 0.25) is 0 Å². The SMILES string of the molecule is COc1c(Cl)cnc(CBr)c1C(F)F. The molecule has 0 aromatic carbocycles.